The monoisotopic (exact) mass is 306 g/mol. The second-order valence-electron chi connectivity index (χ2n) is 4.29. The number of ether oxygens (including phenoxy) is 1. The summed E-state index contributed by atoms with van der Waals surface area (Å²) in [5, 5.41) is 11.0. The molecule has 0 saturated carbocycles. The van der Waals surface area contributed by atoms with Gasteiger partial charge in [0.05, 0.1) is 28.6 Å². The molecule has 0 fully saturated rings. The molecule has 1 unspecified atom stereocenters. The van der Waals surface area contributed by atoms with Gasteiger partial charge in [-0.15, -0.1) is 0 Å². The van der Waals surface area contributed by atoms with Crippen LogP contribution in [0.1, 0.15) is 5.56 Å². The zero-order valence-corrected chi connectivity index (χ0v) is 12.1. The topological polar surface area (TPSA) is 95.5 Å². The van der Waals surface area contributed by atoms with Crippen molar-refractivity contribution in [3.05, 3.63) is 58.1 Å². The molecule has 0 amide bonds. The largest absolute Gasteiger partial charge is 0.496 e. The highest BCUT2D eigenvalue weighted by molar-refractivity contribution is 7.84. The molecule has 0 aromatic heterocycles. The van der Waals surface area contributed by atoms with Crippen molar-refractivity contribution in [2.45, 2.75) is 10.6 Å². The minimum Gasteiger partial charge on any atom is -0.496 e. The van der Waals surface area contributed by atoms with Gasteiger partial charge in [-0.2, -0.15) is 0 Å². The Bertz CT molecular complexity index is 703. The lowest BCUT2D eigenvalue weighted by atomic mass is 10.2. The van der Waals surface area contributed by atoms with Crippen LogP contribution < -0.4 is 10.5 Å². The second kappa shape index (κ2) is 6.36. The Morgan fingerprint density at radius 3 is 2.67 bits per heavy atom. The van der Waals surface area contributed by atoms with E-state index in [1.165, 1.54) is 19.2 Å². The van der Waals surface area contributed by atoms with Crippen molar-refractivity contribution < 1.29 is 13.9 Å². The molecule has 21 heavy (non-hydrogen) atoms. The summed E-state index contributed by atoms with van der Waals surface area (Å²) in [6.45, 7) is 0. The fraction of sp³-hybridized carbons (Fsp3) is 0.143. The summed E-state index contributed by atoms with van der Waals surface area (Å²) in [6, 6.07) is 11.0. The van der Waals surface area contributed by atoms with Gasteiger partial charge in [0.1, 0.15) is 10.6 Å². The third-order valence-corrected chi connectivity index (χ3v) is 4.31. The van der Waals surface area contributed by atoms with E-state index in [4.69, 9.17) is 10.5 Å². The van der Waals surface area contributed by atoms with Gasteiger partial charge >= 0.3 is 0 Å². The molecule has 7 heteroatoms. The minimum atomic E-state index is -1.55. The van der Waals surface area contributed by atoms with E-state index in [1.54, 1.807) is 30.3 Å². The van der Waals surface area contributed by atoms with Crippen LogP contribution in [-0.2, 0) is 16.6 Å². The SMILES string of the molecule is COc1cc(N)ccc1CS(=O)c1ccccc1[N+](=O)[O-]. The summed E-state index contributed by atoms with van der Waals surface area (Å²) in [5.74, 6) is 0.635. The molecule has 6 nitrogen and oxygen atoms in total. The van der Waals surface area contributed by atoms with E-state index in [2.05, 4.69) is 0 Å². The lowest BCUT2D eigenvalue weighted by Gasteiger charge is -2.09. The number of methoxy groups -OCH3 is 1. The summed E-state index contributed by atoms with van der Waals surface area (Å²) in [7, 11) is -0.0553. The van der Waals surface area contributed by atoms with Crippen LogP contribution in [0.5, 0.6) is 5.75 Å². The summed E-state index contributed by atoms with van der Waals surface area (Å²) < 4.78 is 17.6. The molecule has 0 aliphatic heterocycles. The molecule has 110 valence electrons. The van der Waals surface area contributed by atoms with Gasteiger partial charge in [0, 0.05) is 23.4 Å². The number of benzene rings is 2. The average molecular weight is 306 g/mol. The highest BCUT2D eigenvalue weighted by Crippen LogP contribution is 2.27. The third kappa shape index (κ3) is 3.38. The fourth-order valence-corrected chi connectivity index (χ4v) is 3.18. The molecule has 0 aliphatic rings. The van der Waals surface area contributed by atoms with Crippen molar-refractivity contribution in [3.8, 4) is 5.75 Å². The predicted octanol–water partition coefficient (Wildman–Crippen LogP) is 2.49. The highest BCUT2D eigenvalue weighted by Gasteiger charge is 2.19. The smallest absolute Gasteiger partial charge is 0.285 e. The molecule has 0 saturated heterocycles. The first kappa shape index (κ1) is 15.0. The van der Waals surface area contributed by atoms with E-state index in [0.717, 1.165) is 0 Å². The van der Waals surface area contributed by atoms with Crippen molar-refractivity contribution >= 4 is 22.2 Å². The predicted molar refractivity (Wildman–Crippen MR) is 80.6 cm³/mol. The van der Waals surface area contributed by atoms with Crippen molar-refractivity contribution in [1.29, 1.82) is 0 Å². The second-order valence-corrected chi connectivity index (χ2v) is 5.71. The van der Waals surface area contributed by atoms with Gasteiger partial charge in [0.2, 0.25) is 0 Å². The molecule has 0 spiro atoms. The Balaban J connectivity index is 2.33. The Kier molecular flexibility index (Phi) is 4.54. The standard InChI is InChI=1S/C14H14N2O4S/c1-20-13-8-11(15)7-6-10(13)9-21(19)14-5-3-2-4-12(14)16(17)18/h2-8H,9,15H2,1H3. The third-order valence-electron chi connectivity index (χ3n) is 2.90. The number of nitro benzene ring substituents is 1. The van der Waals surface area contributed by atoms with E-state index < -0.39 is 15.7 Å². The zero-order chi connectivity index (χ0) is 15.4. The summed E-state index contributed by atoms with van der Waals surface area (Å²) in [5.41, 5.74) is 6.73. The fourth-order valence-electron chi connectivity index (χ4n) is 1.90. The Labute approximate surface area is 124 Å². The normalized spacial score (nSPS) is 11.9. The van der Waals surface area contributed by atoms with Gasteiger partial charge in [-0.05, 0) is 12.1 Å². The number of hydrogen-bond donors (Lipinski definition) is 1. The Morgan fingerprint density at radius 1 is 1.29 bits per heavy atom. The molecule has 2 aromatic rings. The number of hydrogen-bond acceptors (Lipinski definition) is 5. The number of nitrogens with zero attached hydrogens (tertiary/aromatic N) is 1. The lowest BCUT2D eigenvalue weighted by Crippen LogP contribution is -2.03. The Hall–Kier alpha value is -2.41. The van der Waals surface area contributed by atoms with Crippen LogP contribution in [0.3, 0.4) is 0 Å². The van der Waals surface area contributed by atoms with Crippen LogP contribution in [-0.4, -0.2) is 16.2 Å². The van der Waals surface area contributed by atoms with E-state index in [-0.39, 0.29) is 16.3 Å². The maximum absolute atomic E-state index is 12.4. The number of nitro groups is 1. The molecule has 1 atom stereocenters. The van der Waals surface area contributed by atoms with Crippen LogP contribution in [0.15, 0.2) is 47.4 Å². The van der Waals surface area contributed by atoms with E-state index in [0.29, 0.717) is 17.0 Å². The van der Waals surface area contributed by atoms with Gasteiger partial charge in [-0.25, -0.2) is 0 Å². The quantitative estimate of drug-likeness (QED) is 0.520. The summed E-state index contributed by atoms with van der Waals surface area (Å²) in [6.07, 6.45) is 0. The number of nitrogen functional groups attached to an aromatic ring is 1. The minimum absolute atomic E-state index is 0.119. The van der Waals surface area contributed by atoms with Crippen molar-refractivity contribution in [3.63, 3.8) is 0 Å². The van der Waals surface area contributed by atoms with Gasteiger partial charge in [0.15, 0.2) is 0 Å². The van der Waals surface area contributed by atoms with Crippen molar-refractivity contribution in [2.24, 2.45) is 0 Å². The van der Waals surface area contributed by atoms with Crippen LogP contribution in [0.4, 0.5) is 11.4 Å². The molecule has 0 heterocycles. The molecule has 0 bridgehead atoms. The van der Waals surface area contributed by atoms with E-state index in [1.807, 2.05) is 0 Å². The zero-order valence-electron chi connectivity index (χ0n) is 11.3. The first-order valence-electron chi connectivity index (χ1n) is 6.07. The van der Waals surface area contributed by atoms with Crippen LogP contribution in [0.2, 0.25) is 0 Å². The van der Waals surface area contributed by atoms with Crippen LogP contribution in [0.25, 0.3) is 0 Å². The average Bonchev–Trinajstić information content (AvgIpc) is 2.48. The summed E-state index contributed by atoms with van der Waals surface area (Å²) in [4.78, 5) is 10.6. The van der Waals surface area contributed by atoms with E-state index >= 15 is 0 Å². The molecule has 2 N–H and O–H groups in total. The van der Waals surface area contributed by atoms with Crippen molar-refractivity contribution in [2.75, 3.05) is 12.8 Å². The first-order chi connectivity index (χ1) is 10.0. The van der Waals surface area contributed by atoms with Gasteiger partial charge in [-0.1, -0.05) is 18.2 Å². The molecule has 0 aliphatic carbocycles. The molecule has 2 aromatic carbocycles. The molecular formula is C14H14N2O4S. The lowest BCUT2D eigenvalue weighted by molar-refractivity contribution is -0.387. The number of anilines is 1. The molecule has 0 radical (unpaired) electrons. The van der Waals surface area contributed by atoms with Crippen molar-refractivity contribution in [1.82, 2.24) is 0 Å². The maximum Gasteiger partial charge on any atom is 0.285 e. The number of para-hydroxylation sites is 1. The van der Waals surface area contributed by atoms with Gasteiger partial charge in [0.25, 0.3) is 5.69 Å². The number of rotatable bonds is 5. The maximum atomic E-state index is 12.4. The first-order valence-corrected chi connectivity index (χ1v) is 7.39. The molecule has 2 rings (SSSR count). The van der Waals surface area contributed by atoms with Gasteiger partial charge in [-0.3, -0.25) is 14.3 Å². The molecular weight excluding hydrogens is 292 g/mol. The highest BCUT2D eigenvalue weighted by atomic mass is 32.2. The van der Waals surface area contributed by atoms with E-state index in [9.17, 15) is 14.3 Å². The summed E-state index contributed by atoms with van der Waals surface area (Å²) >= 11 is 0. The van der Waals surface area contributed by atoms with Crippen LogP contribution in [0, 0.1) is 10.1 Å². The number of nitrogens with two attached hydrogens (primary N) is 1. The van der Waals surface area contributed by atoms with Gasteiger partial charge < -0.3 is 10.5 Å². The van der Waals surface area contributed by atoms with Crippen LogP contribution >= 0.6 is 0 Å². The Morgan fingerprint density at radius 2 is 2.00 bits per heavy atom.